The Hall–Kier alpha value is -3.07. The molecule has 0 heterocycles. The molecule has 1 amide bonds. The van der Waals surface area contributed by atoms with Gasteiger partial charge in [0.15, 0.2) is 0 Å². The number of rotatable bonds is 8. The zero-order valence-corrected chi connectivity index (χ0v) is 20.7. The minimum Gasteiger partial charge on any atom is -0.462 e. The summed E-state index contributed by atoms with van der Waals surface area (Å²) < 4.78 is 32.9. The summed E-state index contributed by atoms with van der Waals surface area (Å²) in [5.74, 6) is -1.12. The van der Waals surface area contributed by atoms with Gasteiger partial charge in [0.05, 0.1) is 22.8 Å². The van der Waals surface area contributed by atoms with Crippen LogP contribution in [0.15, 0.2) is 71.6 Å². The van der Waals surface area contributed by atoms with Crippen molar-refractivity contribution >= 4 is 56.5 Å². The third-order valence-electron chi connectivity index (χ3n) is 4.89. The van der Waals surface area contributed by atoms with E-state index in [1.807, 2.05) is 0 Å². The highest BCUT2D eigenvalue weighted by atomic mass is 35.5. The predicted octanol–water partition coefficient (Wildman–Crippen LogP) is 5.31. The van der Waals surface area contributed by atoms with Gasteiger partial charge in [0.1, 0.15) is 6.54 Å². The Morgan fingerprint density at radius 3 is 2.29 bits per heavy atom. The molecule has 178 valence electrons. The zero-order chi connectivity index (χ0) is 24.9. The number of esters is 1. The van der Waals surface area contributed by atoms with Crippen LogP contribution in [0, 0.1) is 6.92 Å². The Morgan fingerprint density at radius 2 is 1.65 bits per heavy atom. The molecular formula is C24H22Cl2N2O5S. The molecule has 7 nitrogen and oxygen atoms in total. The number of nitrogens with one attached hydrogen (secondary N) is 1. The minimum atomic E-state index is -4.13. The van der Waals surface area contributed by atoms with E-state index < -0.39 is 28.4 Å². The van der Waals surface area contributed by atoms with E-state index in [2.05, 4.69) is 5.32 Å². The van der Waals surface area contributed by atoms with Crippen molar-refractivity contribution in [3.05, 3.63) is 87.9 Å². The van der Waals surface area contributed by atoms with Crippen LogP contribution < -0.4 is 9.62 Å². The van der Waals surface area contributed by atoms with Gasteiger partial charge in [0, 0.05) is 15.7 Å². The van der Waals surface area contributed by atoms with Crippen LogP contribution in [0.1, 0.15) is 22.8 Å². The maximum absolute atomic E-state index is 13.4. The van der Waals surface area contributed by atoms with Crippen molar-refractivity contribution in [2.45, 2.75) is 18.7 Å². The number of nitrogens with zero attached hydrogens (tertiary/aromatic N) is 1. The SMILES string of the molecule is CCOC(=O)c1cccc(NC(=O)CN(c2cccc(Cl)c2)S(=O)(=O)c2ccc(Cl)cc2)c1C. The number of carbonyl (C=O) groups is 2. The lowest BCUT2D eigenvalue weighted by molar-refractivity contribution is -0.114. The maximum Gasteiger partial charge on any atom is 0.338 e. The van der Waals surface area contributed by atoms with Crippen molar-refractivity contribution in [1.82, 2.24) is 0 Å². The fourth-order valence-electron chi connectivity index (χ4n) is 3.20. The molecule has 0 radical (unpaired) electrons. The Bertz CT molecular complexity index is 1310. The van der Waals surface area contributed by atoms with Crippen molar-refractivity contribution in [1.29, 1.82) is 0 Å². The van der Waals surface area contributed by atoms with Crippen molar-refractivity contribution < 1.29 is 22.7 Å². The highest BCUT2D eigenvalue weighted by Gasteiger charge is 2.28. The molecule has 0 fully saturated rings. The number of sulfonamides is 1. The zero-order valence-electron chi connectivity index (χ0n) is 18.4. The summed E-state index contributed by atoms with van der Waals surface area (Å²) in [6, 6.07) is 16.6. The van der Waals surface area contributed by atoms with Crippen molar-refractivity contribution in [3.63, 3.8) is 0 Å². The molecule has 0 bridgehead atoms. The van der Waals surface area contributed by atoms with Crippen LogP contribution in [0.3, 0.4) is 0 Å². The van der Waals surface area contributed by atoms with Gasteiger partial charge in [-0.1, -0.05) is 35.3 Å². The Balaban J connectivity index is 1.93. The second-order valence-electron chi connectivity index (χ2n) is 7.19. The second-order valence-corrected chi connectivity index (χ2v) is 9.93. The van der Waals surface area contributed by atoms with Gasteiger partial charge >= 0.3 is 5.97 Å². The Morgan fingerprint density at radius 1 is 0.971 bits per heavy atom. The normalized spacial score (nSPS) is 11.1. The first kappa shape index (κ1) is 25.6. The summed E-state index contributed by atoms with van der Waals surface area (Å²) in [6.45, 7) is 3.05. The molecule has 3 aromatic rings. The van der Waals surface area contributed by atoms with E-state index in [4.69, 9.17) is 27.9 Å². The van der Waals surface area contributed by atoms with E-state index >= 15 is 0 Å². The fourth-order valence-corrected chi connectivity index (χ4v) is 4.92. The summed E-state index contributed by atoms with van der Waals surface area (Å²) >= 11 is 12.0. The molecule has 0 saturated heterocycles. The molecule has 0 spiro atoms. The van der Waals surface area contributed by atoms with Crippen LogP contribution in [0.4, 0.5) is 11.4 Å². The minimum absolute atomic E-state index is 0.0369. The first-order valence-corrected chi connectivity index (χ1v) is 12.4. The second kappa shape index (κ2) is 10.9. The third kappa shape index (κ3) is 5.88. The van der Waals surface area contributed by atoms with Gasteiger partial charge in [-0.2, -0.15) is 0 Å². The number of benzene rings is 3. The number of carbonyl (C=O) groups excluding carboxylic acids is 2. The molecule has 34 heavy (non-hydrogen) atoms. The molecule has 0 atom stereocenters. The van der Waals surface area contributed by atoms with Gasteiger partial charge in [0.2, 0.25) is 5.91 Å². The lowest BCUT2D eigenvalue weighted by Gasteiger charge is -2.24. The van der Waals surface area contributed by atoms with E-state index in [1.54, 1.807) is 50.2 Å². The highest BCUT2D eigenvalue weighted by molar-refractivity contribution is 7.92. The summed E-state index contributed by atoms with van der Waals surface area (Å²) in [5, 5.41) is 3.38. The number of halogens is 2. The molecule has 3 aromatic carbocycles. The number of amides is 1. The molecule has 10 heteroatoms. The van der Waals surface area contributed by atoms with E-state index in [9.17, 15) is 18.0 Å². The Kier molecular flexibility index (Phi) is 8.19. The largest absolute Gasteiger partial charge is 0.462 e. The van der Waals surface area contributed by atoms with Crippen LogP contribution >= 0.6 is 23.2 Å². The van der Waals surface area contributed by atoms with Crippen LogP contribution in [-0.4, -0.2) is 33.4 Å². The van der Waals surface area contributed by atoms with Crippen molar-refractivity contribution in [3.8, 4) is 0 Å². The average Bonchev–Trinajstić information content (AvgIpc) is 2.79. The number of anilines is 2. The van der Waals surface area contributed by atoms with Gasteiger partial charge in [-0.15, -0.1) is 0 Å². The average molecular weight is 521 g/mol. The number of ether oxygens (including phenoxy) is 1. The van der Waals surface area contributed by atoms with E-state index in [0.29, 0.717) is 26.9 Å². The summed E-state index contributed by atoms with van der Waals surface area (Å²) in [7, 11) is -4.13. The van der Waals surface area contributed by atoms with Crippen molar-refractivity contribution in [2.75, 3.05) is 22.8 Å². The molecule has 0 saturated carbocycles. The molecule has 3 rings (SSSR count). The van der Waals surface area contributed by atoms with Gasteiger partial charge in [0.25, 0.3) is 10.0 Å². The van der Waals surface area contributed by atoms with Crippen molar-refractivity contribution in [2.24, 2.45) is 0 Å². The van der Waals surface area contributed by atoms with E-state index in [-0.39, 0.29) is 17.2 Å². The first-order chi connectivity index (χ1) is 16.1. The van der Waals surface area contributed by atoms with Gasteiger partial charge in [-0.05, 0) is 74.0 Å². The summed E-state index contributed by atoms with van der Waals surface area (Å²) in [5.41, 5.74) is 1.39. The van der Waals surface area contributed by atoms with Gasteiger partial charge < -0.3 is 10.1 Å². The van der Waals surface area contributed by atoms with E-state index in [1.165, 1.54) is 30.3 Å². The maximum atomic E-state index is 13.4. The number of hydrogen-bond donors (Lipinski definition) is 1. The lowest BCUT2D eigenvalue weighted by atomic mass is 10.1. The highest BCUT2D eigenvalue weighted by Crippen LogP contribution is 2.27. The Labute approximate surface area is 208 Å². The topological polar surface area (TPSA) is 92.8 Å². The number of hydrogen-bond acceptors (Lipinski definition) is 5. The molecule has 0 aliphatic carbocycles. The van der Waals surface area contributed by atoms with E-state index in [0.717, 1.165) is 4.31 Å². The predicted molar refractivity (Wildman–Crippen MR) is 133 cm³/mol. The van der Waals surface area contributed by atoms with Crippen LogP contribution in [0.5, 0.6) is 0 Å². The summed E-state index contributed by atoms with van der Waals surface area (Å²) in [4.78, 5) is 25.1. The standard InChI is InChI=1S/C24H22Cl2N2O5S/c1-3-33-24(30)21-8-5-9-22(16(21)2)27-23(29)15-28(19-7-4-6-18(26)14-19)34(31,32)20-12-10-17(25)11-13-20/h4-14H,3,15H2,1-2H3,(H,27,29). The van der Waals surface area contributed by atoms with Crippen LogP contribution in [0.25, 0.3) is 0 Å². The fraction of sp³-hybridized carbons (Fsp3) is 0.167. The monoisotopic (exact) mass is 520 g/mol. The van der Waals surface area contributed by atoms with Gasteiger partial charge in [-0.3, -0.25) is 9.10 Å². The quantitative estimate of drug-likeness (QED) is 0.406. The molecule has 1 N–H and O–H groups in total. The first-order valence-electron chi connectivity index (χ1n) is 10.2. The molecule has 0 unspecified atom stereocenters. The smallest absolute Gasteiger partial charge is 0.338 e. The van der Waals surface area contributed by atoms with Crippen LogP contribution in [0.2, 0.25) is 10.0 Å². The lowest BCUT2D eigenvalue weighted by Crippen LogP contribution is -2.38. The van der Waals surface area contributed by atoms with Gasteiger partial charge in [-0.25, -0.2) is 13.2 Å². The molecule has 0 aliphatic heterocycles. The summed E-state index contributed by atoms with van der Waals surface area (Å²) in [6.07, 6.45) is 0. The third-order valence-corrected chi connectivity index (χ3v) is 7.16. The molecule has 0 aliphatic rings. The molecular weight excluding hydrogens is 499 g/mol. The molecule has 0 aromatic heterocycles. The van der Waals surface area contributed by atoms with Crippen LogP contribution in [-0.2, 0) is 19.6 Å².